The lowest BCUT2D eigenvalue weighted by Gasteiger charge is -2.27. The molecular formula is C21H25FN8O2. The maximum absolute atomic E-state index is 15.1. The fourth-order valence-electron chi connectivity index (χ4n) is 4.11. The molecule has 32 heavy (non-hydrogen) atoms. The lowest BCUT2D eigenvalue weighted by Crippen LogP contribution is -2.41. The molecule has 1 amide bonds. The summed E-state index contributed by atoms with van der Waals surface area (Å²) in [4.78, 5) is 27.8. The van der Waals surface area contributed by atoms with E-state index < -0.39 is 5.82 Å². The Bertz CT molecular complexity index is 1190. The second kappa shape index (κ2) is 7.90. The summed E-state index contributed by atoms with van der Waals surface area (Å²) < 4.78 is 22.4. The number of rotatable bonds is 5. The van der Waals surface area contributed by atoms with Gasteiger partial charge in [-0.1, -0.05) is 0 Å². The third kappa shape index (κ3) is 3.48. The molecule has 2 aromatic heterocycles. The van der Waals surface area contributed by atoms with Gasteiger partial charge >= 0.3 is 0 Å². The monoisotopic (exact) mass is 440 g/mol. The van der Waals surface area contributed by atoms with E-state index in [1.807, 2.05) is 11.5 Å². The van der Waals surface area contributed by atoms with Crippen LogP contribution in [-0.4, -0.2) is 56.6 Å². The number of imidazole rings is 1. The minimum absolute atomic E-state index is 0.0630. The molecule has 1 saturated carbocycles. The zero-order valence-electron chi connectivity index (χ0n) is 17.7. The summed E-state index contributed by atoms with van der Waals surface area (Å²) in [6, 6.07) is 2.76. The third-order valence-corrected chi connectivity index (χ3v) is 5.91. The van der Waals surface area contributed by atoms with E-state index in [1.54, 1.807) is 11.0 Å². The van der Waals surface area contributed by atoms with Crippen LogP contribution in [0.15, 0.2) is 18.5 Å². The predicted molar refractivity (Wildman–Crippen MR) is 118 cm³/mol. The highest BCUT2D eigenvalue weighted by molar-refractivity contribution is 6.05. The fraction of sp³-hybridized carbons (Fsp3) is 0.429. The Balaban J connectivity index is 1.59. The average Bonchev–Trinajstić information content (AvgIpc) is 3.56. The van der Waals surface area contributed by atoms with Crippen LogP contribution in [0, 0.1) is 5.82 Å². The van der Waals surface area contributed by atoms with E-state index in [1.165, 1.54) is 12.4 Å². The molecule has 1 saturated heterocycles. The van der Waals surface area contributed by atoms with Crippen LogP contribution < -0.4 is 16.8 Å². The summed E-state index contributed by atoms with van der Waals surface area (Å²) in [7, 11) is 0. The molecule has 5 rings (SSSR count). The van der Waals surface area contributed by atoms with Crippen molar-refractivity contribution in [3.8, 4) is 0 Å². The van der Waals surface area contributed by atoms with E-state index in [-0.39, 0.29) is 35.1 Å². The number of halogens is 1. The predicted octanol–water partition coefficient (Wildman–Crippen LogP) is 2.11. The summed E-state index contributed by atoms with van der Waals surface area (Å²) in [5.74, 6) is 0.385. The SMILES string of the molecule is C[C@H](Nc1ncnc(N)c1N)c1nc2ccc(F)c(C(=O)N3CCOCC3)c2n1C1CC1. The van der Waals surface area contributed by atoms with E-state index in [2.05, 4.69) is 15.3 Å². The summed E-state index contributed by atoms with van der Waals surface area (Å²) in [5, 5.41) is 3.23. The van der Waals surface area contributed by atoms with Gasteiger partial charge in [0.05, 0.1) is 30.3 Å². The number of nitrogen functional groups attached to an aromatic ring is 2. The van der Waals surface area contributed by atoms with Crippen molar-refractivity contribution in [2.45, 2.75) is 31.8 Å². The number of amides is 1. The van der Waals surface area contributed by atoms with Gasteiger partial charge in [0.25, 0.3) is 5.91 Å². The molecule has 2 aliphatic rings. The summed E-state index contributed by atoms with van der Waals surface area (Å²) in [6.45, 7) is 3.68. The van der Waals surface area contributed by atoms with E-state index >= 15 is 4.39 Å². The van der Waals surface area contributed by atoms with Crippen LogP contribution in [0.1, 0.15) is 48.0 Å². The van der Waals surface area contributed by atoms with Gasteiger partial charge in [0, 0.05) is 19.1 Å². The molecule has 168 valence electrons. The van der Waals surface area contributed by atoms with Gasteiger partial charge in [0.15, 0.2) is 11.6 Å². The van der Waals surface area contributed by atoms with Crippen molar-refractivity contribution in [3.63, 3.8) is 0 Å². The number of ether oxygens (including phenoxy) is 1. The fourth-order valence-corrected chi connectivity index (χ4v) is 4.11. The first-order valence-electron chi connectivity index (χ1n) is 10.7. The van der Waals surface area contributed by atoms with Crippen LogP contribution in [0.2, 0.25) is 0 Å². The second-order valence-electron chi connectivity index (χ2n) is 8.15. The standard InChI is InChI=1S/C21H25FN8O2/c1-11(27-19-16(23)18(24)25-10-26-19)20-28-14-5-4-13(22)15(17(14)30(20)12-2-3-12)21(31)29-6-8-32-9-7-29/h4-5,10-12H,2-3,6-9,23H2,1H3,(H3,24,25,26,27)/t11-/m0/s1. The summed E-state index contributed by atoms with van der Waals surface area (Å²) >= 11 is 0. The Labute approximate surface area is 183 Å². The number of morpholine rings is 1. The highest BCUT2D eigenvalue weighted by Gasteiger charge is 2.34. The number of nitrogens with one attached hydrogen (secondary N) is 1. The van der Waals surface area contributed by atoms with Crippen molar-refractivity contribution in [2.24, 2.45) is 0 Å². The summed E-state index contributed by atoms with van der Waals surface area (Å²) in [5.41, 5.74) is 13.2. The van der Waals surface area contributed by atoms with Crippen LogP contribution >= 0.6 is 0 Å². The van der Waals surface area contributed by atoms with E-state index in [4.69, 9.17) is 21.2 Å². The number of benzene rings is 1. The number of hydrogen-bond donors (Lipinski definition) is 3. The Hall–Kier alpha value is -3.47. The molecule has 1 aliphatic heterocycles. The molecule has 0 radical (unpaired) electrons. The maximum Gasteiger partial charge on any atom is 0.259 e. The molecule has 5 N–H and O–H groups in total. The number of carbonyl (C=O) groups excluding carboxylic acids is 1. The number of fused-ring (bicyclic) bond motifs is 1. The zero-order chi connectivity index (χ0) is 22.4. The molecule has 2 fully saturated rings. The number of carbonyl (C=O) groups is 1. The van der Waals surface area contributed by atoms with Crippen molar-refractivity contribution in [2.75, 3.05) is 43.1 Å². The molecular weight excluding hydrogens is 415 g/mol. The Kier molecular flexibility index (Phi) is 5.04. The quantitative estimate of drug-likeness (QED) is 0.549. The number of aromatic nitrogens is 4. The smallest absolute Gasteiger partial charge is 0.259 e. The van der Waals surface area contributed by atoms with Crippen molar-refractivity contribution in [1.82, 2.24) is 24.4 Å². The van der Waals surface area contributed by atoms with Crippen LogP contribution in [0.3, 0.4) is 0 Å². The van der Waals surface area contributed by atoms with Gasteiger partial charge < -0.3 is 31.0 Å². The van der Waals surface area contributed by atoms with Crippen molar-refractivity contribution < 1.29 is 13.9 Å². The van der Waals surface area contributed by atoms with Gasteiger partial charge in [-0.15, -0.1) is 0 Å². The minimum atomic E-state index is -0.546. The molecule has 0 unspecified atom stereocenters. The van der Waals surface area contributed by atoms with Gasteiger partial charge in [-0.2, -0.15) is 0 Å². The first kappa shape index (κ1) is 20.4. The lowest BCUT2D eigenvalue weighted by atomic mass is 10.1. The van der Waals surface area contributed by atoms with Crippen molar-refractivity contribution in [3.05, 3.63) is 35.7 Å². The maximum atomic E-state index is 15.1. The molecule has 1 aromatic carbocycles. The molecule has 0 bridgehead atoms. The highest BCUT2D eigenvalue weighted by atomic mass is 19.1. The molecule has 3 heterocycles. The highest BCUT2D eigenvalue weighted by Crippen LogP contribution is 2.42. The number of hydrogen-bond acceptors (Lipinski definition) is 8. The topological polar surface area (TPSA) is 137 Å². The van der Waals surface area contributed by atoms with Gasteiger partial charge in [0.2, 0.25) is 0 Å². The Morgan fingerprint density at radius 2 is 2.00 bits per heavy atom. The van der Waals surface area contributed by atoms with Gasteiger partial charge in [-0.05, 0) is 31.9 Å². The molecule has 1 aliphatic carbocycles. The van der Waals surface area contributed by atoms with E-state index in [0.717, 1.165) is 12.8 Å². The minimum Gasteiger partial charge on any atom is -0.393 e. The Morgan fingerprint density at radius 1 is 1.25 bits per heavy atom. The third-order valence-electron chi connectivity index (χ3n) is 5.91. The number of anilines is 3. The van der Waals surface area contributed by atoms with Crippen LogP contribution in [0.4, 0.5) is 21.7 Å². The van der Waals surface area contributed by atoms with Gasteiger partial charge in [0.1, 0.15) is 29.2 Å². The first-order valence-corrected chi connectivity index (χ1v) is 10.7. The number of nitrogens with two attached hydrogens (primary N) is 2. The molecule has 0 spiro atoms. The van der Waals surface area contributed by atoms with Crippen LogP contribution in [0.25, 0.3) is 11.0 Å². The largest absolute Gasteiger partial charge is 0.393 e. The Morgan fingerprint density at radius 3 is 2.72 bits per heavy atom. The molecule has 11 heteroatoms. The van der Waals surface area contributed by atoms with E-state index in [0.29, 0.717) is 49.0 Å². The second-order valence-corrected chi connectivity index (χ2v) is 8.15. The average molecular weight is 440 g/mol. The van der Waals surface area contributed by atoms with Crippen molar-refractivity contribution >= 4 is 34.3 Å². The first-order chi connectivity index (χ1) is 15.5. The van der Waals surface area contributed by atoms with Crippen LogP contribution in [0.5, 0.6) is 0 Å². The van der Waals surface area contributed by atoms with Crippen LogP contribution in [-0.2, 0) is 4.74 Å². The normalized spacial score (nSPS) is 17.5. The van der Waals surface area contributed by atoms with E-state index in [9.17, 15) is 4.79 Å². The molecule has 3 aromatic rings. The van der Waals surface area contributed by atoms with Crippen molar-refractivity contribution in [1.29, 1.82) is 0 Å². The lowest BCUT2D eigenvalue weighted by molar-refractivity contribution is 0.0301. The summed E-state index contributed by atoms with van der Waals surface area (Å²) in [6.07, 6.45) is 3.21. The zero-order valence-corrected chi connectivity index (χ0v) is 17.7. The number of nitrogens with zero attached hydrogens (tertiary/aromatic N) is 5. The van der Waals surface area contributed by atoms with Gasteiger partial charge in [-0.3, -0.25) is 4.79 Å². The molecule has 1 atom stereocenters. The van der Waals surface area contributed by atoms with Gasteiger partial charge in [-0.25, -0.2) is 19.3 Å². The molecule has 10 nitrogen and oxygen atoms in total.